The molecule has 0 unspecified atom stereocenters. The van der Waals surface area contributed by atoms with E-state index in [0.29, 0.717) is 6.42 Å². The van der Waals surface area contributed by atoms with Crippen LogP contribution in [0.1, 0.15) is 31.2 Å². The van der Waals surface area contributed by atoms with Crippen LogP contribution in [0.5, 0.6) is 0 Å². The molecule has 0 bridgehead atoms. The number of halogens is 4. The molecule has 6 heteroatoms. The molecule has 0 aliphatic heterocycles. The Labute approximate surface area is 130 Å². The average molecular weight is 330 g/mol. The van der Waals surface area contributed by atoms with Crippen LogP contribution in [0.4, 0.5) is 4.39 Å². The van der Waals surface area contributed by atoms with Crippen LogP contribution in [0, 0.1) is 5.82 Å². The second-order valence-electron chi connectivity index (χ2n) is 5.13. The molecule has 0 heterocycles. The third-order valence-electron chi connectivity index (χ3n) is 3.57. The highest BCUT2D eigenvalue weighted by molar-refractivity contribution is 6.30. The molecule has 1 fully saturated rings. The lowest BCUT2D eigenvalue weighted by Gasteiger charge is -2.36. The molecule has 0 atom stereocenters. The summed E-state index contributed by atoms with van der Waals surface area (Å²) in [7, 11) is 0. The van der Waals surface area contributed by atoms with Gasteiger partial charge in [0, 0.05) is 11.6 Å². The SMILES string of the molecule is Cl.Cl.NC1CCC(N)(Cc2ccc(Cl)c(F)c2)CC1. The Bertz CT molecular complexity index is 407. The van der Waals surface area contributed by atoms with Gasteiger partial charge >= 0.3 is 0 Å². The summed E-state index contributed by atoms with van der Waals surface area (Å²) in [5, 5.41) is 0.158. The largest absolute Gasteiger partial charge is 0.328 e. The van der Waals surface area contributed by atoms with E-state index in [2.05, 4.69) is 0 Å². The van der Waals surface area contributed by atoms with Crippen molar-refractivity contribution in [2.45, 2.75) is 43.7 Å². The Hall–Kier alpha value is -0.0600. The molecule has 1 aliphatic carbocycles. The average Bonchev–Trinajstić information content (AvgIpc) is 2.28. The van der Waals surface area contributed by atoms with Crippen LogP contribution in [0.15, 0.2) is 18.2 Å². The fourth-order valence-corrected chi connectivity index (χ4v) is 2.57. The molecule has 1 aliphatic rings. The summed E-state index contributed by atoms with van der Waals surface area (Å²) in [5.74, 6) is -0.375. The highest BCUT2D eigenvalue weighted by atomic mass is 35.5. The lowest BCUT2D eigenvalue weighted by molar-refractivity contribution is 0.271. The fraction of sp³-hybridized carbons (Fsp3) is 0.538. The van der Waals surface area contributed by atoms with E-state index >= 15 is 0 Å². The maximum Gasteiger partial charge on any atom is 0.142 e. The quantitative estimate of drug-likeness (QED) is 0.873. The van der Waals surface area contributed by atoms with E-state index in [9.17, 15) is 4.39 Å². The third-order valence-corrected chi connectivity index (χ3v) is 3.87. The molecule has 2 nitrogen and oxygen atoms in total. The van der Waals surface area contributed by atoms with Crippen molar-refractivity contribution in [2.24, 2.45) is 11.5 Å². The number of benzene rings is 1. The molecule has 0 spiro atoms. The summed E-state index contributed by atoms with van der Waals surface area (Å²) in [5.41, 5.74) is 12.9. The minimum absolute atomic E-state index is 0. The van der Waals surface area contributed by atoms with Crippen molar-refractivity contribution in [3.8, 4) is 0 Å². The van der Waals surface area contributed by atoms with Crippen molar-refractivity contribution in [2.75, 3.05) is 0 Å². The zero-order valence-corrected chi connectivity index (χ0v) is 13.0. The first kappa shape index (κ1) is 18.9. The molecular formula is C13H20Cl3FN2. The van der Waals surface area contributed by atoms with Crippen molar-refractivity contribution in [1.29, 1.82) is 0 Å². The van der Waals surface area contributed by atoms with Gasteiger partial charge in [-0.15, -0.1) is 24.8 Å². The van der Waals surface area contributed by atoms with Gasteiger partial charge in [0.05, 0.1) is 5.02 Å². The molecule has 0 aromatic heterocycles. The van der Waals surface area contributed by atoms with Gasteiger partial charge in [-0.1, -0.05) is 17.7 Å². The van der Waals surface area contributed by atoms with Gasteiger partial charge in [-0.2, -0.15) is 0 Å². The zero-order chi connectivity index (χ0) is 12.5. The summed E-state index contributed by atoms with van der Waals surface area (Å²) >= 11 is 5.65. The summed E-state index contributed by atoms with van der Waals surface area (Å²) in [6.07, 6.45) is 4.39. The van der Waals surface area contributed by atoms with E-state index < -0.39 is 0 Å². The predicted molar refractivity (Wildman–Crippen MR) is 83.0 cm³/mol. The van der Waals surface area contributed by atoms with Gasteiger partial charge in [-0.25, -0.2) is 4.39 Å². The van der Waals surface area contributed by atoms with Crippen LogP contribution in [-0.2, 0) is 6.42 Å². The fourth-order valence-electron chi connectivity index (χ4n) is 2.45. The summed E-state index contributed by atoms with van der Waals surface area (Å²) < 4.78 is 13.3. The lowest BCUT2D eigenvalue weighted by atomic mass is 9.77. The molecule has 110 valence electrons. The van der Waals surface area contributed by atoms with Crippen LogP contribution >= 0.6 is 36.4 Å². The van der Waals surface area contributed by atoms with Gasteiger partial charge in [0.15, 0.2) is 0 Å². The summed E-state index contributed by atoms with van der Waals surface area (Å²) in [4.78, 5) is 0. The Morgan fingerprint density at radius 1 is 1.26 bits per heavy atom. The minimum Gasteiger partial charge on any atom is -0.328 e. The van der Waals surface area contributed by atoms with Crippen molar-refractivity contribution >= 4 is 36.4 Å². The molecule has 2 rings (SSSR count). The van der Waals surface area contributed by atoms with Crippen LogP contribution < -0.4 is 11.5 Å². The summed E-state index contributed by atoms with van der Waals surface area (Å²) in [6.45, 7) is 0. The smallest absolute Gasteiger partial charge is 0.142 e. The van der Waals surface area contributed by atoms with Gasteiger partial charge in [0.2, 0.25) is 0 Å². The third kappa shape index (κ3) is 5.09. The number of hydrogen-bond acceptors (Lipinski definition) is 2. The minimum atomic E-state index is -0.375. The van der Waals surface area contributed by atoms with Crippen molar-refractivity contribution in [3.63, 3.8) is 0 Å². The van der Waals surface area contributed by atoms with Gasteiger partial charge in [0.1, 0.15) is 5.82 Å². The van der Waals surface area contributed by atoms with Gasteiger partial charge < -0.3 is 11.5 Å². The van der Waals surface area contributed by atoms with Gasteiger partial charge in [-0.3, -0.25) is 0 Å². The summed E-state index contributed by atoms with van der Waals surface area (Å²) in [6, 6.07) is 5.18. The zero-order valence-electron chi connectivity index (χ0n) is 10.6. The Morgan fingerprint density at radius 2 is 1.84 bits per heavy atom. The number of rotatable bonds is 2. The van der Waals surface area contributed by atoms with Gasteiger partial charge in [0.25, 0.3) is 0 Å². The van der Waals surface area contributed by atoms with E-state index in [4.69, 9.17) is 23.1 Å². The standard InChI is InChI=1S/C13H18ClFN2.2ClH/c14-11-2-1-9(7-12(11)15)8-13(17)5-3-10(16)4-6-13;;/h1-2,7,10H,3-6,8,16-17H2;2*1H. The highest BCUT2D eigenvalue weighted by Crippen LogP contribution is 2.29. The van der Waals surface area contributed by atoms with Crippen molar-refractivity contribution in [1.82, 2.24) is 0 Å². The van der Waals surface area contributed by atoms with Crippen LogP contribution in [0.25, 0.3) is 0 Å². The molecule has 19 heavy (non-hydrogen) atoms. The van der Waals surface area contributed by atoms with Crippen LogP contribution in [0.2, 0.25) is 5.02 Å². The van der Waals surface area contributed by atoms with Crippen molar-refractivity contribution < 1.29 is 4.39 Å². The van der Waals surface area contributed by atoms with E-state index in [0.717, 1.165) is 31.2 Å². The molecule has 1 saturated carbocycles. The first-order valence-electron chi connectivity index (χ1n) is 5.97. The van der Waals surface area contributed by atoms with Crippen LogP contribution in [-0.4, -0.2) is 11.6 Å². The van der Waals surface area contributed by atoms with Crippen molar-refractivity contribution in [3.05, 3.63) is 34.6 Å². The second-order valence-corrected chi connectivity index (χ2v) is 5.53. The van der Waals surface area contributed by atoms with E-state index in [-0.39, 0.29) is 47.2 Å². The Kier molecular flexibility index (Phi) is 7.63. The molecule has 4 N–H and O–H groups in total. The maximum atomic E-state index is 13.3. The topological polar surface area (TPSA) is 52.0 Å². The lowest BCUT2D eigenvalue weighted by Crippen LogP contribution is -2.47. The van der Waals surface area contributed by atoms with E-state index in [1.165, 1.54) is 6.07 Å². The molecule has 0 saturated heterocycles. The highest BCUT2D eigenvalue weighted by Gasteiger charge is 2.30. The first-order valence-corrected chi connectivity index (χ1v) is 6.35. The monoisotopic (exact) mass is 328 g/mol. The molecule has 0 radical (unpaired) electrons. The maximum absolute atomic E-state index is 13.3. The Balaban J connectivity index is 0.00000162. The first-order chi connectivity index (χ1) is 7.98. The van der Waals surface area contributed by atoms with Gasteiger partial charge in [-0.05, 0) is 49.8 Å². The molecular weight excluding hydrogens is 310 g/mol. The molecule has 1 aromatic rings. The van der Waals surface area contributed by atoms with E-state index in [1.807, 2.05) is 6.07 Å². The second kappa shape index (κ2) is 7.65. The predicted octanol–water partition coefficient (Wildman–Crippen LogP) is 3.46. The normalized spacial score (nSPS) is 26.2. The molecule has 0 amide bonds. The molecule has 1 aromatic carbocycles. The van der Waals surface area contributed by atoms with Crippen LogP contribution in [0.3, 0.4) is 0 Å². The Morgan fingerprint density at radius 3 is 2.37 bits per heavy atom. The number of hydrogen-bond donors (Lipinski definition) is 2. The number of nitrogens with two attached hydrogens (primary N) is 2. The van der Waals surface area contributed by atoms with E-state index in [1.54, 1.807) is 6.07 Å².